The van der Waals surface area contributed by atoms with E-state index in [2.05, 4.69) is 67.0 Å². The number of nitrogens with two attached hydrogens (primary N) is 1. The average molecular weight is 770 g/mol. The molecule has 0 saturated heterocycles. The maximum Gasteiger partial charge on any atom is 0.472 e. The molecule has 4 N–H and O–H groups in total. The van der Waals surface area contributed by atoms with Gasteiger partial charge >= 0.3 is 25.7 Å². The lowest BCUT2D eigenvalue weighted by Gasteiger charge is -2.20. The Balaban J connectivity index is 4.47. The highest BCUT2D eigenvalue weighted by atomic mass is 31.2. The first-order valence-electron chi connectivity index (χ1n) is 20.2. The summed E-state index contributed by atoms with van der Waals surface area (Å²) in [5.74, 6) is -2.42. The molecule has 0 aliphatic rings. The number of carboxylic acids is 1. The number of phosphoric ester groups is 1. The van der Waals surface area contributed by atoms with Gasteiger partial charge in [-0.1, -0.05) is 133 Å². The Bertz CT molecular complexity index is 1090. The van der Waals surface area contributed by atoms with E-state index in [4.69, 9.17) is 24.8 Å². The van der Waals surface area contributed by atoms with Gasteiger partial charge in [0.1, 0.15) is 12.6 Å². The lowest BCUT2D eigenvalue weighted by Crippen LogP contribution is -2.34. The number of carbonyl (C=O) groups excluding carboxylic acids is 2. The molecule has 0 heterocycles. The van der Waals surface area contributed by atoms with Gasteiger partial charge in [0.05, 0.1) is 13.2 Å². The van der Waals surface area contributed by atoms with E-state index in [1.54, 1.807) is 0 Å². The molecule has 0 saturated carbocycles. The molecule has 306 valence electrons. The Kier molecular flexibility index (Phi) is 34.7. The molecule has 0 aliphatic heterocycles. The van der Waals surface area contributed by atoms with Crippen LogP contribution in [0.3, 0.4) is 0 Å². The fraction of sp³-hybridized carbons (Fsp3) is 0.732. The fourth-order valence-corrected chi connectivity index (χ4v) is 5.85. The van der Waals surface area contributed by atoms with Gasteiger partial charge in [0, 0.05) is 12.8 Å². The Morgan fingerprint density at radius 2 is 1.08 bits per heavy atom. The van der Waals surface area contributed by atoms with Crippen molar-refractivity contribution < 1.29 is 47.5 Å². The van der Waals surface area contributed by atoms with Gasteiger partial charge in [0.15, 0.2) is 6.10 Å². The Labute approximate surface area is 320 Å². The van der Waals surface area contributed by atoms with Crippen LogP contribution in [0.15, 0.2) is 48.6 Å². The molecule has 0 aliphatic carbocycles. The number of aliphatic carboxylic acids is 1. The third-order valence-electron chi connectivity index (χ3n) is 8.33. The number of hydrogen-bond acceptors (Lipinski definition) is 9. The van der Waals surface area contributed by atoms with Crippen molar-refractivity contribution in [1.29, 1.82) is 0 Å². The summed E-state index contributed by atoms with van der Waals surface area (Å²) < 4.78 is 32.6. The van der Waals surface area contributed by atoms with Crippen molar-refractivity contribution in [3.8, 4) is 0 Å². The SMILES string of the molecule is CCCC/C=C/C/C=C/CCCCCCCC(=O)OC[C@H](COP(=O)(O)OC[C@H](N)C(=O)O)OC(=O)CCCCCCC/C=C/C=C/CCCCCC. The number of carbonyl (C=O) groups is 3. The molecule has 1 unspecified atom stereocenters. The molecule has 12 heteroatoms. The summed E-state index contributed by atoms with van der Waals surface area (Å²) in [4.78, 5) is 45.8. The van der Waals surface area contributed by atoms with Crippen molar-refractivity contribution in [2.24, 2.45) is 5.73 Å². The highest BCUT2D eigenvalue weighted by Gasteiger charge is 2.28. The number of phosphoric acid groups is 1. The third-order valence-corrected chi connectivity index (χ3v) is 9.28. The predicted octanol–water partition coefficient (Wildman–Crippen LogP) is 10.2. The van der Waals surface area contributed by atoms with Crippen LogP contribution in [0.1, 0.15) is 162 Å². The minimum absolute atomic E-state index is 0.139. The first-order valence-corrected chi connectivity index (χ1v) is 21.7. The molecule has 0 radical (unpaired) electrons. The second-order valence-electron chi connectivity index (χ2n) is 13.4. The number of ether oxygens (including phenoxy) is 2. The van der Waals surface area contributed by atoms with Crippen LogP contribution < -0.4 is 5.73 Å². The van der Waals surface area contributed by atoms with Crippen LogP contribution in [-0.2, 0) is 37.5 Å². The number of rotatable bonds is 37. The Morgan fingerprint density at radius 3 is 1.64 bits per heavy atom. The summed E-state index contributed by atoms with van der Waals surface area (Å²) in [5.41, 5.74) is 5.32. The summed E-state index contributed by atoms with van der Waals surface area (Å²) >= 11 is 0. The molecule has 3 atom stereocenters. The van der Waals surface area contributed by atoms with Crippen LogP contribution in [0.5, 0.6) is 0 Å². The zero-order valence-corrected chi connectivity index (χ0v) is 33.7. The van der Waals surface area contributed by atoms with Gasteiger partial charge in [0.2, 0.25) is 0 Å². The van der Waals surface area contributed by atoms with Gasteiger partial charge < -0.3 is 25.2 Å². The smallest absolute Gasteiger partial charge is 0.472 e. The van der Waals surface area contributed by atoms with Crippen LogP contribution in [0, 0.1) is 0 Å². The van der Waals surface area contributed by atoms with Gasteiger partial charge in [-0.25, -0.2) is 4.57 Å². The van der Waals surface area contributed by atoms with Crippen LogP contribution in [-0.4, -0.2) is 59.9 Å². The number of unbranched alkanes of at least 4 members (excludes halogenated alkanes) is 16. The first kappa shape index (κ1) is 50.4. The van der Waals surface area contributed by atoms with E-state index in [0.29, 0.717) is 12.8 Å². The summed E-state index contributed by atoms with van der Waals surface area (Å²) in [6.07, 6.45) is 38.9. The van der Waals surface area contributed by atoms with Crippen molar-refractivity contribution in [2.75, 3.05) is 19.8 Å². The molecular formula is C41H72NO10P. The van der Waals surface area contributed by atoms with Crippen molar-refractivity contribution in [3.63, 3.8) is 0 Å². The molecule has 0 aromatic carbocycles. The van der Waals surface area contributed by atoms with Crippen molar-refractivity contribution in [1.82, 2.24) is 0 Å². The standard InChI is InChI=1S/C41H72NO10P/c1-3-5-7-9-11-13-15-17-19-21-23-25-27-29-31-33-40(44)52-37(35-50-53(47,48)51-36-38(42)41(45)46)34-49-39(43)32-30-28-26-24-22-20-18-16-14-12-10-8-6-4-2/h10,12-13,15-19,37-38H,3-9,11,14,20-36,42H2,1-2H3,(H,45,46)(H,47,48)/b12-10+,15-13+,18-16+,19-17+/t37-,38+/m1/s1. The lowest BCUT2D eigenvalue weighted by atomic mass is 10.1. The van der Waals surface area contributed by atoms with E-state index in [1.165, 1.54) is 38.5 Å². The van der Waals surface area contributed by atoms with E-state index in [1.807, 2.05) is 0 Å². The molecule has 11 nitrogen and oxygen atoms in total. The minimum Gasteiger partial charge on any atom is -0.480 e. The van der Waals surface area contributed by atoms with Gasteiger partial charge in [0.25, 0.3) is 0 Å². The minimum atomic E-state index is -4.72. The Hall–Kier alpha value is -2.56. The number of hydrogen-bond donors (Lipinski definition) is 3. The fourth-order valence-electron chi connectivity index (χ4n) is 5.07. The zero-order valence-electron chi connectivity index (χ0n) is 32.8. The molecule has 0 rings (SSSR count). The van der Waals surface area contributed by atoms with E-state index in [9.17, 15) is 23.8 Å². The highest BCUT2D eigenvalue weighted by Crippen LogP contribution is 2.43. The molecule has 0 aromatic heterocycles. The number of carboxylic acid groups (broad SMARTS) is 1. The lowest BCUT2D eigenvalue weighted by molar-refractivity contribution is -0.161. The van der Waals surface area contributed by atoms with Crippen molar-refractivity contribution >= 4 is 25.7 Å². The molecule has 0 fully saturated rings. The Morgan fingerprint density at radius 1 is 0.604 bits per heavy atom. The zero-order chi connectivity index (χ0) is 39.3. The van der Waals surface area contributed by atoms with Crippen molar-refractivity contribution in [2.45, 2.75) is 174 Å². The monoisotopic (exact) mass is 769 g/mol. The van der Waals surface area contributed by atoms with Gasteiger partial charge in [-0.05, 0) is 64.2 Å². The number of allylic oxidation sites excluding steroid dienone is 8. The predicted molar refractivity (Wildman–Crippen MR) is 212 cm³/mol. The summed E-state index contributed by atoms with van der Waals surface area (Å²) in [7, 11) is -4.72. The van der Waals surface area contributed by atoms with E-state index in [-0.39, 0.29) is 19.4 Å². The van der Waals surface area contributed by atoms with Gasteiger partial charge in [-0.3, -0.25) is 23.4 Å². The maximum absolute atomic E-state index is 12.6. The van der Waals surface area contributed by atoms with Gasteiger partial charge in [-0.15, -0.1) is 0 Å². The molecule has 0 bridgehead atoms. The summed E-state index contributed by atoms with van der Waals surface area (Å²) in [5, 5.41) is 8.87. The van der Waals surface area contributed by atoms with Crippen LogP contribution >= 0.6 is 7.82 Å². The van der Waals surface area contributed by atoms with Crippen molar-refractivity contribution in [3.05, 3.63) is 48.6 Å². The first-order chi connectivity index (χ1) is 25.6. The average Bonchev–Trinajstić information content (AvgIpc) is 3.13. The topological polar surface area (TPSA) is 172 Å². The van der Waals surface area contributed by atoms with Gasteiger partial charge in [-0.2, -0.15) is 0 Å². The third kappa shape index (κ3) is 36.2. The molecule has 0 aromatic rings. The maximum atomic E-state index is 12.6. The van der Waals surface area contributed by atoms with E-state index in [0.717, 1.165) is 83.5 Å². The van der Waals surface area contributed by atoms with E-state index < -0.39 is 51.1 Å². The number of esters is 2. The van der Waals surface area contributed by atoms with Crippen LogP contribution in [0.4, 0.5) is 0 Å². The summed E-state index contributed by atoms with van der Waals surface area (Å²) in [6.45, 7) is 2.69. The second kappa shape index (κ2) is 36.4. The van der Waals surface area contributed by atoms with E-state index >= 15 is 0 Å². The molecule has 0 amide bonds. The largest absolute Gasteiger partial charge is 0.480 e. The molecule has 53 heavy (non-hydrogen) atoms. The summed E-state index contributed by atoms with van der Waals surface area (Å²) in [6, 6.07) is -1.53. The second-order valence-corrected chi connectivity index (χ2v) is 14.9. The normalized spacial score (nSPS) is 14.3. The molecular weight excluding hydrogens is 697 g/mol. The quantitative estimate of drug-likeness (QED) is 0.0180. The van der Waals surface area contributed by atoms with Crippen LogP contribution in [0.25, 0.3) is 0 Å². The van der Waals surface area contributed by atoms with Crippen LogP contribution in [0.2, 0.25) is 0 Å². The highest BCUT2D eigenvalue weighted by molar-refractivity contribution is 7.47. The molecule has 0 spiro atoms.